The van der Waals surface area contributed by atoms with Gasteiger partial charge in [-0.25, -0.2) is 13.4 Å². The van der Waals surface area contributed by atoms with Gasteiger partial charge in [-0.3, -0.25) is 5.43 Å². The summed E-state index contributed by atoms with van der Waals surface area (Å²) in [6.45, 7) is 3.34. The highest BCUT2D eigenvalue weighted by Crippen LogP contribution is 2.27. The van der Waals surface area contributed by atoms with Crippen LogP contribution in [-0.4, -0.2) is 37.0 Å². The number of rotatable bonds is 7. The third-order valence-electron chi connectivity index (χ3n) is 5.12. The Morgan fingerprint density at radius 2 is 1.80 bits per heavy atom. The first-order valence-corrected chi connectivity index (χ1v) is 12.3. The number of benzene rings is 2. The first-order valence-electron chi connectivity index (χ1n) is 10.0. The maximum absolute atomic E-state index is 12.6. The molecule has 1 fully saturated rings. The van der Waals surface area contributed by atoms with Crippen LogP contribution < -0.4 is 5.43 Å². The summed E-state index contributed by atoms with van der Waals surface area (Å²) in [5, 5.41) is 6.86. The molecule has 0 aliphatic carbocycles. The van der Waals surface area contributed by atoms with E-state index in [1.807, 2.05) is 17.5 Å². The smallest absolute Gasteiger partial charge is 0.243 e. The zero-order valence-corrected chi connectivity index (χ0v) is 18.4. The van der Waals surface area contributed by atoms with Crippen LogP contribution >= 0.6 is 11.3 Å². The van der Waals surface area contributed by atoms with Crippen LogP contribution in [0.1, 0.15) is 30.9 Å². The van der Waals surface area contributed by atoms with Crippen LogP contribution in [0, 0.1) is 0 Å². The fourth-order valence-corrected chi connectivity index (χ4v) is 5.52. The first-order chi connectivity index (χ1) is 14.6. The minimum atomic E-state index is -3.39. The molecule has 1 aliphatic heterocycles. The molecule has 30 heavy (non-hydrogen) atoms. The zero-order chi connectivity index (χ0) is 21.0. The van der Waals surface area contributed by atoms with Gasteiger partial charge in [0.05, 0.1) is 16.8 Å². The summed E-state index contributed by atoms with van der Waals surface area (Å²) in [6, 6.07) is 15.2. The van der Waals surface area contributed by atoms with Gasteiger partial charge in [0, 0.05) is 24.0 Å². The highest BCUT2D eigenvalue weighted by atomic mass is 32.2. The molecule has 2 aromatic carbocycles. The Bertz CT molecular complexity index is 1110. The van der Waals surface area contributed by atoms with Gasteiger partial charge in [0.15, 0.2) is 0 Å². The van der Waals surface area contributed by atoms with Gasteiger partial charge < -0.3 is 0 Å². The van der Waals surface area contributed by atoms with Crippen molar-refractivity contribution in [3.63, 3.8) is 0 Å². The van der Waals surface area contributed by atoms with Crippen LogP contribution in [0.15, 0.2) is 63.9 Å². The molecule has 0 atom stereocenters. The van der Waals surface area contributed by atoms with Crippen LogP contribution in [0.4, 0.5) is 5.13 Å². The van der Waals surface area contributed by atoms with Crippen molar-refractivity contribution in [2.24, 2.45) is 5.10 Å². The van der Waals surface area contributed by atoms with Gasteiger partial charge in [-0.2, -0.15) is 9.41 Å². The molecule has 1 saturated heterocycles. The second-order valence-electron chi connectivity index (χ2n) is 7.14. The summed E-state index contributed by atoms with van der Waals surface area (Å²) >= 11 is 1.45. The number of anilines is 1. The molecule has 1 aliphatic rings. The number of nitrogens with zero attached hydrogens (tertiary/aromatic N) is 3. The lowest BCUT2D eigenvalue weighted by Gasteiger charge is -2.15. The number of hydrazone groups is 1. The Labute approximate surface area is 181 Å². The van der Waals surface area contributed by atoms with Gasteiger partial charge in [-0.05, 0) is 42.5 Å². The van der Waals surface area contributed by atoms with E-state index in [1.54, 1.807) is 34.8 Å². The highest BCUT2D eigenvalue weighted by molar-refractivity contribution is 7.89. The zero-order valence-electron chi connectivity index (χ0n) is 16.8. The van der Waals surface area contributed by atoms with E-state index in [9.17, 15) is 8.42 Å². The van der Waals surface area contributed by atoms with Crippen LogP contribution in [0.5, 0.6) is 0 Å². The maximum atomic E-state index is 12.6. The van der Waals surface area contributed by atoms with E-state index in [2.05, 4.69) is 34.6 Å². The lowest BCUT2D eigenvalue weighted by Crippen LogP contribution is -2.27. The number of thiazole rings is 1. The highest BCUT2D eigenvalue weighted by Gasteiger charge is 2.26. The molecular formula is C22H24N4O2S2. The van der Waals surface area contributed by atoms with Gasteiger partial charge in [0.2, 0.25) is 15.2 Å². The molecule has 0 spiro atoms. The normalized spacial score (nSPS) is 15.1. The number of nitrogens with one attached hydrogen (secondary N) is 1. The fourth-order valence-electron chi connectivity index (χ4n) is 3.33. The third kappa shape index (κ3) is 4.61. The van der Waals surface area contributed by atoms with Crippen molar-refractivity contribution in [3.8, 4) is 11.3 Å². The molecule has 0 bridgehead atoms. The van der Waals surface area contributed by atoms with Crippen LogP contribution in [0.2, 0.25) is 0 Å². The van der Waals surface area contributed by atoms with Gasteiger partial charge in [0.1, 0.15) is 0 Å². The molecule has 3 aromatic rings. The van der Waals surface area contributed by atoms with E-state index in [-0.39, 0.29) is 0 Å². The molecule has 6 nitrogen and oxygen atoms in total. The molecule has 0 saturated carbocycles. The fraction of sp³-hybridized carbons (Fsp3) is 0.273. The van der Waals surface area contributed by atoms with Crippen molar-refractivity contribution >= 4 is 32.7 Å². The van der Waals surface area contributed by atoms with Crippen LogP contribution in [-0.2, 0) is 16.4 Å². The van der Waals surface area contributed by atoms with Crippen LogP contribution in [0.3, 0.4) is 0 Å². The summed E-state index contributed by atoms with van der Waals surface area (Å²) in [5.41, 5.74) is 6.93. The molecule has 0 amide bonds. The van der Waals surface area contributed by atoms with Crippen molar-refractivity contribution in [1.29, 1.82) is 0 Å². The van der Waals surface area contributed by atoms with Crippen molar-refractivity contribution in [1.82, 2.24) is 9.29 Å². The van der Waals surface area contributed by atoms with Gasteiger partial charge in [-0.1, -0.05) is 43.3 Å². The summed E-state index contributed by atoms with van der Waals surface area (Å²) in [5.74, 6) is 0. The number of hydrogen-bond donors (Lipinski definition) is 1. The average Bonchev–Trinajstić information content (AvgIpc) is 3.47. The Kier molecular flexibility index (Phi) is 6.26. The third-order valence-corrected chi connectivity index (χ3v) is 7.78. The van der Waals surface area contributed by atoms with Crippen molar-refractivity contribution < 1.29 is 8.42 Å². The van der Waals surface area contributed by atoms with Crippen molar-refractivity contribution in [3.05, 3.63) is 65.0 Å². The maximum Gasteiger partial charge on any atom is 0.243 e. The average molecular weight is 441 g/mol. The topological polar surface area (TPSA) is 74.7 Å². The van der Waals surface area contributed by atoms with Gasteiger partial charge in [0.25, 0.3) is 0 Å². The van der Waals surface area contributed by atoms with E-state index in [0.29, 0.717) is 23.1 Å². The summed E-state index contributed by atoms with van der Waals surface area (Å²) in [4.78, 5) is 4.88. The Morgan fingerprint density at radius 3 is 2.47 bits per heavy atom. The Hall–Kier alpha value is -2.55. The standard InChI is InChI=1S/C22H24N4O2S2/c1-2-17-5-7-18(8-6-17)15-23-25-22-24-21(16-29-22)19-9-11-20(12-10-19)30(27,28)26-13-3-4-14-26/h5-12,15-16H,2-4,13-14H2,1H3,(H,24,25)/b23-15+. The van der Waals surface area contributed by atoms with E-state index >= 15 is 0 Å². The van der Waals surface area contributed by atoms with Crippen molar-refractivity contribution in [2.75, 3.05) is 18.5 Å². The summed E-state index contributed by atoms with van der Waals surface area (Å²) in [6.07, 6.45) is 4.64. The van der Waals surface area contributed by atoms with E-state index in [4.69, 9.17) is 0 Å². The monoisotopic (exact) mass is 440 g/mol. The quantitative estimate of drug-likeness (QED) is 0.430. The molecule has 1 N–H and O–H groups in total. The SMILES string of the molecule is CCc1ccc(/C=N/Nc2nc(-c3ccc(S(=O)(=O)N4CCCC4)cc3)cs2)cc1. The molecular weight excluding hydrogens is 416 g/mol. The lowest BCUT2D eigenvalue weighted by atomic mass is 10.1. The lowest BCUT2D eigenvalue weighted by molar-refractivity contribution is 0.477. The minimum absolute atomic E-state index is 0.334. The molecule has 156 valence electrons. The van der Waals surface area contributed by atoms with E-state index in [1.165, 1.54) is 16.9 Å². The second kappa shape index (κ2) is 9.07. The number of aromatic nitrogens is 1. The predicted octanol–water partition coefficient (Wildman–Crippen LogP) is 4.60. The molecule has 1 aromatic heterocycles. The number of aryl methyl sites for hydroxylation is 1. The van der Waals surface area contributed by atoms with Crippen LogP contribution in [0.25, 0.3) is 11.3 Å². The largest absolute Gasteiger partial charge is 0.253 e. The summed E-state index contributed by atoms with van der Waals surface area (Å²) in [7, 11) is -3.39. The number of hydrogen-bond acceptors (Lipinski definition) is 6. The molecule has 0 radical (unpaired) electrons. The molecule has 0 unspecified atom stereocenters. The summed E-state index contributed by atoms with van der Waals surface area (Å²) < 4.78 is 26.8. The molecule has 8 heteroatoms. The van der Waals surface area contributed by atoms with E-state index in [0.717, 1.165) is 36.1 Å². The van der Waals surface area contributed by atoms with E-state index < -0.39 is 10.0 Å². The second-order valence-corrected chi connectivity index (χ2v) is 9.93. The Morgan fingerprint density at radius 1 is 1.10 bits per heavy atom. The number of sulfonamides is 1. The van der Waals surface area contributed by atoms with Crippen molar-refractivity contribution in [2.45, 2.75) is 31.1 Å². The van der Waals surface area contributed by atoms with Gasteiger partial charge >= 0.3 is 0 Å². The predicted molar refractivity (Wildman–Crippen MR) is 123 cm³/mol. The molecule has 4 rings (SSSR count). The minimum Gasteiger partial charge on any atom is -0.253 e. The first kappa shape index (κ1) is 20.7. The molecule has 2 heterocycles. The Balaban J connectivity index is 1.41. The van der Waals surface area contributed by atoms with Gasteiger partial charge in [-0.15, -0.1) is 11.3 Å².